The summed E-state index contributed by atoms with van der Waals surface area (Å²) in [6, 6.07) is 5.07. The molecule has 1 aliphatic rings. The van der Waals surface area contributed by atoms with E-state index in [1.807, 2.05) is 0 Å². The predicted octanol–water partition coefficient (Wildman–Crippen LogP) is 1.57. The number of carboxylic acids is 1. The monoisotopic (exact) mass is 295 g/mol. The third-order valence-electron chi connectivity index (χ3n) is 3.99. The van der Waals surface area contributed by atoms with Crippen LogP contribution in [0.3, 0.4) is 0 Å². The maximum atomic E-state index is 13.1. The number of aliphatic carboxylic acids is 1. The highest BCUT2D eigenvalue weighted by molar-refractivity contribution is 5.80. The van der Waals surface area contributed by atoms with Crippen molar-refractivity contribution >= 4 is 11.9 Å². The van der Waals surface area contributed by atoms with Gasteiger partial charge in [0.25, 0.3) is 0 Å². The van der Waals surface area contributed by atoms with Crippen LogP contribution in [0.1, 0.15) is 31.4 Å². The number of halogens is 1. The van der Waals surface area contributed by atoms with Gasteiger partial charge >= 0.3 is 5.97 Å². The van der Waals surface area contributed by atoms with Crippen LogP contribution in [-0.4, -0.2) is 39.6 Å². The summed E-state index contributed by atoms with van der Waals surface area (Å²) in [7, 11) is 0. The largest absolute Gasteiger partial charge is 0.481 e. The first kappa shape index (κ1) is 15.4. The molecule has 1 amide bonds. The van der Waals surface area contributed by atoms with Crippen molar-refractivity contribution in [2.75, 3.05) is 6.54 Å². The lowest BCUT2D eigenvalue weighted by atomic mass is 10.0. The minimum absolute atomic E-state index is 0.180. The molecule has 0 bridgehead atoms. The van der Waals surface area contributed by atoms with E-state index in [4.69, 9.17) is 5.11 Å². The number of benzene rings is 1. The second kappa shape index (κ2) is 6.22. The Morgan fingerprint density at radius 1 is 1.48 bits per heavy atom. The summed E-state index contributed by atoms with van der Waals surface area (Å²) in [6.45, 7) is 2.06. The molecule has 0 radical (unpaired) electrons. The first-order chi connectivity index (χ1) is 9.90. The van der Waals surface area contributed by atoms with Crippen LogP contribution in [0.25, 0.3) is 0 Å². The molecule has 1 aromatic rings. The van der Waals surface area contributed by atoms with Crippen molar-refractivity contribution in [1.29, 1.82) is 0 Å². The minimum atomic E-state index is -1.09. The lowest BCUT2D eigenvalue weighted by Crippen LogP contribution is -2.38. The highest BCUT2D eigenvalue weighted by Crippen LogP contribution is 2.27. The van der Waals surface area contributed by atoms with Crippen LogP contribution in [0.5, 0.6) is 0 Å². The maximum absolute atomic E-state index is 13.1. The van der Waals surface area contributed by atoms with Gasteiger partial charge in [-0.1, -0.05) is 12.1 Å². The van der Waals surface area contributed by atoms with E-state index in [1.54, 1.807) is 13.0 Å². The average molecular weight is 295 g/mol. The van der Waals surface area contributed by atoms with Crippen LogP contribution in [0, 0.1) is 11.7 Å². The Morgan fingerprint density at radius 2 is 2.19 bits per heavy atom. The third kappa shape index (κ3) is 3.39. The Morgan fingerprint density at radius 3 is 2.76 bits per heavy atom. The number of nitrogens with zero attached hydrogens (tertiary/aromatic N) is 1. The highest BCUT2D eigenvalue weighted by atomic mass is 19.1. The molecule has 6 heteroatoms. The molecule has 2 rings (SSSR count). The number of likely N-dealkylation sites (tertiary alicyclic amines) is 1. The Bertz CT molecular complexity index is 548. The standard InChI is InChI=1S/C15H18FNO4/c1-9-12(15(20)21)5-6-17(9)14(19)8-13(18)10-3-2-4-11(16)7-10/h2-4,7,9,12-13,18H,5-6,8H2,1H3,(H,20,21). The van der Waals surface area contributed by atoms with Crippen LogP contribution in [-0.2, 0) is 9.59 Å². The fourth-order valence-corrected chi connectivity index (χ4v) is 2.74. The zero-order valence-corrected chi connectivity index (χ0v) is 11.7. The van der Waals surface area contributed by atoms with E-state index in [0.29, 0.717) is 18.5 Å². The Labute approximate surface area is 122 Å². The Kier molecular flexibility index (Phi) is 4.57. The molecular formula is C15H18FNO4. The van der Waals surface area contributed by atoms with Crippen LogP contribution >= 0.6 is 0 Å². The predicted molar refractivity (Wildman–Crippen MR) is 72.9 cm³/mol. The molecule has 2 N–H and O–H groups in total. The van der Waals surface area contributed by atoms with Gasteiger partial charge in [-0.15, -0.1) is 0 Å². The summed E-state index contributed by atoms with van der Waals surface area (Å²) in [5.41, 5.74) is 0.338. The van der Waals surface area contributed by atoms with Gasteiger partial charge in [0.15, 0.2) is 0 Å². The summed E-state index contributed by atoms with van der Waals surface area (Å²) in [5.74, 6) is -2.27. The molecule has 1 heterocycles. The number of carbonyl (C=O) groups excluding carboxylic acids is 1. The van der Waals surface area contributed by atoms with Crippen molar-refractivity contribution in [3.63, 3.8) is 0 Å². The van der Waals surface area contributed by atoms with Gasteiger partial charge in [-0.3, -0.25) is 9.59 Å². The lowest BCUT2D eigenvalue weighted by Gasteiger charge is -2.24. The fourth-order valence-electron chi connectivity index (χ4n) is 2.74. The quantitative estimate of drug-likeness (QED) is 0.884. The van der Waals surface area contributed by atoms with Gasteiger partial charge in [-0.2, -0.15) is 0 Å². The molecule has 1 saturated heterocycles. The fraction of sp³-hybridized carbons (Fsp3) is 0.467. The average Bonchev–Trinajstić information content (AvgIpc) is 2.80. The zero-order valence-electron chi connectivity index (χ0n) is 11.7. The number of aliphatic hydroxyl groups is 1. The minimum Gasteiger partial charge on any atom is -0.481 e. The van der Waals surface area contributed by atoms with E-state index in [9.17, 15) is 19.1 Å². The number of amides is 1. The number of carbonyl (C=O) groups is 2. The number of rotatable bonds is 4. The normalized spacial score (nSPS) is 23.1. The highest BCUT2D eigenvalue weighted by Gasteiger charge is 2.38. The summed E-state index contributed by atoms with van der Waals surface area (Å²) in [6.07, 6.45) is -0.859. The van der Waals surface area contributed by atoms with E-state index in [2.05, 4.69) is 0 Å². The Hall–Kier alpha value is -1.95. The van der Waals surface area contributed by atoms with Crippen molar-refractivity contribution in [1.82, 2.24) is 4.90 Å². The number of aliphatic hydroxyl groups excluding tert-OH is 1. The van der Waals surface area contributed by atoms with Crippen LogP contribution < -0.4 is 0 Å². The van der Waals surface area contributed by atoms with E-state index in [1.165, 1.54) is 23.1 Å². The summed E-state index contributed by atoms with van der Waals surface area (Å²) in [4.78, 5) is 24.7. The number of carboxylic acid groups (broad SMARTS) is 1. The van der Waals surface area contributed by atoms with E-state index < -0.39 is 29.9 Å². The van der Waals surface area contributed by atoms with Gasteiger partial charge in [0, 0.05) is 12.6 Å². The van der Waals surface area contributed by atoms with Crippen LogP contribution in [0.4, 0.5) is 4.39 Å². The van der Waals surface area contributed by atoms with E-state index in [-0.39, 0.29) is 12.3 Å². The Balaban J connectivity index is 2.00. The number of hydrogen-bond donors (Lipinski definition) is 2. The molecule has 3 unspecified atom stereocenters. The first-order valence-corrected chi connectivity index (χ1v) is 6.86. The maximum Gasteiger partial charge on any atom is 0.308 e. The van der Waals surface area contributed by atoms with Crippen LogP contribution in [0.2, 0.25) is 0 Å². The molecule has 3 atom stereocenters. The van der Waals surface area contributed by atoms with Crippen LogP contribution in [0.15, 0.2) is 24.3 Å². The molecule has 1 aromatic carbocycles. The van der Waals surface area contributed by atoms with E-state index in [0.717, 1.165) is 0 Å². The molecule has 114 valence electrons. The summed E-state index contributed by atoms with van der Waals surface area (Å²) >= 11 is 0. The van der Waals surface area contributed by atoms with Gasteiger partial charge in [0.05, 0.1) is 18.4 Å². The molecule has 0 aromatic heterocycles. The van der Waals surface area contributed by atoms with Crippen molar-refractivity contribution in [2.45, 2.75) is 31.9 Å². The second-order valence-corrected chi connectivity index (χ2v) is 5.34. The smallest absolute Gasteiger partial charge is 0.308 e. The van der Waals surface area contributed by atoms with Gasteiger partial charge in [-0.25, -0.2) is 4.39 Å². The van der Waals surface area contributed by atoms with Gasteiger partial charge in [-0.05, 0) is 31.0 Å². The summed E-state index contributed by atoms with van der Waals surface area (Å²) in [5, 5.41) is 19.1. The SMILES string of the molecule is CC1C(C(=O)O)CCN1C(=O)CC(O)c1cccc(F)c1. The van der Waals surface area contributed by atoms with Crippen molar-refractivity contribution in [3.8, 4) is 0 Å². The lowest BCUT2D eigenvalue weighted by molar-refractivity contribution is -0.143. The second-order valence-electron chi connectivity index (χ2n) is 5.34. The molecule has 1 fully saturated rings. The van der Waals surface area contributed by atoms with Gasteiger partial charge in [0.1, 0.15) is 5.82 Å². The third-order valence-corrected chi connectivity index (χ3v) is 3.99. The topological polar surface area (TPSA) is 77.8 Å². The molecule has 21 heavy (non-hydrogen) atoms. The molecule has 0 spiro atoms. The van der Waals surface area contributed by atoms with Crippen molar-refractivity contribution < 1.29 is 24.2 Å². The molecular weight excluding hydrogens is 277 g/mol. The molecule has 0 aliphatic carbocycles. The first-order valence-electron chi connectivity index (χ1n) is 6.86. The molecule has 5 nitrogen and oxygen atoms in total. The van der Waals surface area contributed by atoms with Crippen molar-refractivity contribution in [3.05, 3.63) is 35.6 Å². The zero-order chi connectivity index (χ0) is 15.6. The molecule has 1 aliphatic heterocycles. The van der Waals surface area contributed by atoms with Crippen molar-refractivity contribution in [2.24, 2.45) is 5.92 Å². The number of hydrogen-bond acceptors (Lipinski definition) is 3. The van der Waals surface area contributed by atoms with E-state index >= 15 is 0 Å². The molecule has 0 saturated carbocycles. The van der Waals surface area contributed by atoms with Gasteiger partial charge < -0.3 is 15.1 Å². The summed E-state index contributed by atoms with van der Waals surface area (Å²) < 4.78 is 13.1. The van der Waals surface area contributed by atoms with Gasteiger partial charge in [0.2, 0.25) is 5.91 Å².